The minimum absolute atomic E-state index is 0.00409. The average Bonchev–Trinajstić information content (AvgIpc) is 2.70. The van der Waals surface area contributed by atoms with E-state index in [4.69, 9.17) is 11.6 Å². The van der Waals surface area contributed by atoms with Gasteiger partial charge in [0.15, 0.2) is 0 Å². The fourth-order valence-corrected chi connectivity index (χ4v) is 3.52. The van der Waals surface area contributed by atoms with Gasteiger partial charge >= 0.3 is 0 Å². The summed E-state index contributed by atoms with van der Waals surface area (Å²) < 4.78 is 0. The first-order valence-corrected chi connectivity index (χ1v) is 10.0. The Morgan fingerprint density at radius 3 is 2.68 bits per heavy atom. The molecule has 0 saturated heterocycles. The summed E-state index contributed by atoms with van der Waals surface area (Å²) in [5.74, 6) is -0.160. The van der Waals surface area contributed by atoms with E-state index in [2.05, 4.69) is 40.8 Å². The van der Waals surface area contributed by atoms with Crippen LogP contribution in [0.2, 0.25) is 5.02 Å². The van der Waals surface area contributed by atoms with E-state index < -0.39 is 0 Å². The van der Waals surface area contributed by atoms with Crippen LogP contribution < -0.4 is 15.5 Å². The molecule has 0 unspecified atom stereocenters. The number of nitrogens with one attached hydrogen (secondary N) is 2. The molecule has 28 heavy (non-hydrogen) atoms. The Labute approximate surface area is 171 Å². The van der Waals surface area contributed by atoms with Crippen molar-refractivity contribution in [3.8, 4) is 0 Å². The number of benzene rings is 2. The van der Waals surface area contributed by atoms with Gasteiger partial charge in [0, 0.05) is 49.4 Å². The van der Waals surface area contributed by atoms with Crippen molar-refractivity contribution in [3.63, 3.8) is 0 Å². The van der Waals surface area contributed by atoms with Crippen molar-refractivity contribution < 1.29 is 9.59 Å². The van der Waals surface area contributed by atoms with Crippen LogP contribution in [0.4, 0.5) is 5.69 Å². The lowest BCUT2D eigenvalue weighted by molar-refractivity contribution is -0.121. The topological polar surface area (TPSA) is 61.4 Å². The lowest BCUT2D eigenvalue weighted by Crippen LogP contribution is -2.27. The molecule has 0 spiro atoms. The second-order valence-corrected chi connectivity index (χ2v) is 7.57. The molecule has 2 aromatic rings. The zero-order valence-corrected chi connectivity index (χ0v) is 16.9. The van der Waals surface area contributed by atoms with Crippen molar-refractivity contribution >= 4 is 29.1 Å². The van der Waals surface area contributed by atoms with Crippen molar-refractivity contribution in [2.75, 3.05) is 25.0 Å². The smallest absolute Gasteiger partial charge is 0.251 e. The van der Waals surface area contributed by atoms with Gasteiger partial charge in [-0.05, 0) is 60.7 Å². The Morgan fingerprint density at radius 2 is 1.89 bits per heavy atom. The number of rotatable bonds is 7. The minimum Gasteiger partial charge on any atom is -0.374 e. The number of amides is 2. The van der Waals surface area contributed by atoms with Crippen LogP contribution in [0.1, 0.15) is 40.7 Å². The number of hydrogen-bond donors (Lipinski definition) is 2. The third-order valence-electron chi connectivity index (χ3n) is 4.96. The summed E-state index contributed by atoms with van der Waals surface area (Å²) in [5, 5.41) is 6.38. The summed E-state index contributed by atoms with van der Waals surface area (Å²) in [6.45, 7) is 2.09. The quantitative estimate of drug-likeness (QED) is 0.700. The molecular formula is C22H26ClN3O2. The lowest BCUT2D eigenvalue weighted by Gasteiger charge is -2.27. The number of aryl methyl sites for hydroxylation is 1. The molecule has 0 saturated carbocycles. The van der Waals surface area contributed by atoms with Crippen molar-refractivity contribution in [3.05, 3.63) is 64.2 Å². The summed E-state index contributed by atoms with van der Waals surface area (Å²) in [5.41, 5.74) is 4.33. The van der Waals surface area contributed by atoms with Gasteiger partial charge in [0.1, 0.15) is 0 Å². The SMILES string of the molecule is CN1CCCc2cc(CNC(=O)CCCNC(=O)c3ccc(Cl)cc3)ccc21. The number of anilines is 1. The monoisotopic (exact) mass is 399 g/mol. The predicted octanol–water partition coefficient (Wildman–Crippen LogP) is 3.55. The fourth-order valence-electron chi connectivity index (χ4n) is 3.39. The third-order valence-corrected chi connectivity index (χ3v) is 5.21. The Balaban J connectivity index is 1.37. The second kappa shape index (κ2) is 9.60. The molecule has 0 fully saturated rings. The Hall–Kier alpha value is -2.53. The van der Waals surface area contributed by atoms with Crippen LogP contribution in [0.15, 0.2) is 42.5 Å². The first-order chi connectivity index (χ1) is 13.5. The van der Waals surface area contributed by atoms with Gasteiger partial charge in [0.2, 0.25) is 5.91 Å². The van der Waals surface area contributed by atoms with E-state index in [1.54, 1.807) is 24.3 Å². The van der Waals surface area contributed by atoms with Crippen LogP contribution >= 0.6 is 11.6 Å². The molecule has 0 aromatic heterocycles. The molecule has 6 heteroatoms. The van der Waals surface area contributed by atoms with E-state index in [9.17, 15) is 9.59 Å². The highest BCUT2D eigenvalue weighted by atomic mass is 35.5. The van der Waals surface area contributed by atoms with Crippen molar-refractivity contribution in [1.82, 2.24) is 10.6 Å². The lowest BCUT2D eigenvalue weighted by atomic mass is 9.99. The highest BCUT2D eigenvalue weighted by molar-refractivity contribution is 6.30. The van der Waals surface area contributed by atoms with E-state index in [0.717, 1.165) is 18.5 Å². The molecule has 1 aliphatic rings. The van der Waals surface area contributed by atoms with Gasteiger partial charge in [-0.1, -0.05) is 23.7 Å². The van der Waals surface area contributed by atoms with Crippen LogP contribution in [0.3, 0.4) is 0 Å². The molecule has 2 amide bonds. The molecule has 0 bridgehead atoms. The first-order valence-electron chi connectivity index (χ1n) is 9.66. The number of hydrogen-bond acceptors (Lipinski definition) is 3. The number of halogens is 1. The molecule has 148 valence electrons. The second-order valence-electron chi connectivity index (χ2n) is 7.13. The number of fused-ring (bicyclic) bond motifs is 1. The summed E-state index contributed by atoms with van der Waals surface area (Å²) in [7, 11) is 2.12. The first kappa shape index (κ1) is 20.2. The van der Waals surface area contributed by atoms with Crippen LogP contribution in [-0.4, -0.2) is 32.0 Å². The van der Waals surface area contributed by atoms with Crippen molar-refractivity contribution in [2.24, 2.45) is 0 Å². The largest absolute Gasteiger partial charge is 0.374 e. The van der Waals surface area contributed by atoms with Gasteiger partial charge in [-0.2, -0.15) is 0 Å². The van der Waals surface area contributed by atoms with Crippen LogP contribution in [0, 0.1) is 0 Å². The third kappa shape index (κ3) is 5.49. The van der Waals surface area contributed by atoms with E-state index >= 15 is 0 Å². The van der Waals surface area contributed by atoms with Crippen molar-refractivity contribution in [2.45, 2.75) is 32.2 Å². The molecule has 0 aliphatic carbocycles. The molecular weight excluding hydrogens is 374 g/mol. The number of nitrogens with zero attached hydrogens (tertiary/aromatic N) is 1. The van der Waals surface area contributed by atoms with E-state index in [1.165, 1.54) is 17.7 Å². The molecule has 5 nitrogen and oxygen atoms in total. The van der Waals surface area contributed by atoms with Gasteiger partial charge in [-0.25, -0.2) is 0 Å². The average molecular weight is 400 g/mol. The molecule has 3 rings (SSSR count). The maximum Gasteiger partial charge on any atom is 0.251 e. The fraction of sp³-hybridized carbons (Fsp3) is 0.364. The summed E-state index contributed by atoms with van der Waals surface area (Å²) in [4.78, 5) is 26.3. The standard InChI is InChI=1S/C22H26ClN3O2/c1-26-13-3-4-18-14-16(6-11-20(18)26)15-25-21(27)5-2-12-24-22(28)17-7-9-19(23)10-8-17/h6-11,14H,2-5,12-13,15H2,1H3,(H,24,28)(H,25,27). The highest BCUT2D eigenvalue weighted by Crippen LogP contribution is 2.26. The highest BCUT2D eigenvalue weighted by Gasteiger charge is 2.13. The molecule has 1 aliphatic heterocycles. The predicted molar refractivity (Wildman–Crippen MR) is 113 cm³/mol. The minimum atomic E-state index is -0.156. The Bertz CT molecular complexity index is 836. The van der Waals surface area contributed by atoms with Crippen LogP contribution in [0.5, 0.6) is 0 Å². The summed E-state index contributed by atoms with van der Waals surface area (Å²) >= 11 is 5.81. The van der Waals surface area contributed by atoms with Gasteiger partial charge in [0.25, 0.3) is 5.91 Å². The normalized spacial score (nSPS) is 13.0. The van der Waals surface area contributed by atoms with Gasteiger partial charge in [-0.15, -0.1) is 0 Å². The van der Waals surface area contributed by atoms with Gasteiger partial charge < -0.3 is 15.5 Å². The Morgan fingerprint density at radius 1 is 1.11 bits per heavy atom. The molecule has 2 aromatic carbocycles. The van der Waals surface area contributed by atoms with Crippen LogP contribution in [0.25, 0.3) is 0 Å². The van der Waals surface area contributed by atoms with Crippen LogP contribution in [-0.2, 0) is 17.8 Å². The van der Waals surface area contributed by atoms with Gasteiger partial charge in [-0.3, -0.25) is 9.59 Å². The summed E-state index contributed by atoms with van der Waals surface area (Å²) in [6, 6.07) is 13.1. The zero-order chi connectivity index (χ0) is 19.9. The molecule has 0 atom stereocenters. The van der Waals surface area contributed by atoms with Gasteiger partial charge in [0.05, 0.1) is 0 Å². The zero-order valence-electron chi connectivity index (χ0n) is 16.1. The summed E-state index contributed by atoms with van der Waals surface area (Å²) in [6.07, 6.45) is 3.24. The maximum absolute atomic E-state index is 12.1. The molecule has 2 N–H and O–H groups in total. The maximum atomic E-state index is 12.1. The molecule has 0 radical (unpaired) electrons. The van der Waals surface area contributed by atoms with E-state index in [0.29, 0.717) is 36.5 Å². The van der Waals surface area contributed by atoms with Crippen molar-refractivity contribution in [1.29, 1.82) is 0 Å². The van der Waals surface area contributed by atoms with E-state index in [1.807, 2.05) is 0 Å². The molecule has 1 heterocycles. The number of carbonyl (C=O) groups is 2. The number of carbonyl (C=O) groups excluding carboxylic acids is 2. The van der Waals surface area contributed by atoms with E-state index in [-0.39, 0.29) is 11.8 Å². The Kier molecular flexibility index (Phi) is 6.93.